The van der Waals surface area contributed by atoms with Gasteiger partial charge in [-0.2, -0.15) is 0 Å². The first-order valence-corrected chi connectivity index (χ1v) is 5.81. The SMILES string of the molecule is O=c1ccnc2cccc(C3CC=NCC3)n12. The number of aliphatic imine (C=N–C) groups is 1. The van der Waals surface area contributed by atoms with Gasteiger partial charge in [-0.25, -0.2) is 4.98 Å². The summed E-state index contributed by atoms with van der Waals surface area (Å²) in [4.78, 5) is 20.4. The number of hydrogen-bond donors (Lipinski definition) is 0. The molecule has 0 amide bonds. The van der Waals surface area contributed by atoms with Crippen LogP contribution in [0.5, 0.6) is 0 Å². The van der Waals surface area contributed by atoms with Crippen LogP contribution in [0.4, 0.5) is 0 Å². The standard InChI is InChI=1S/C13H13N3O/c17-13-6-9-15-12-3-1-2-11(16(12)13)10-4-7-14-8-5-10/h1-3,6-7,9-10H,4-5,8H2. The van der Waals surface area contributed by atoms with Gasteiger partial charge in [0.15, 0.2) is 0 Å². The summed E-state index contributed by atoms with van der Waals surface area (Å²) >= 11 is 0. The molecule has 2 aromatic rings. The van der Waals surface area contributed by atoms with Crippen molar-refractivity contribution in [3.05, 3.63) is 46.5 Å². The molecule has 0 saturated carbocycles. The molecule has 1 unspecified atom stereocenters. The van der Waals surface area contributed by atoms with Crippen LogP contribution in [-0.2, 0) is 0 Å². The summed E-state index contributed by atoms with van der Waals surface area (Å²) in [6.07, 6.45) is 5.41. The van der Waals surface area contributed by atoms with Crippen LogP contribution in [0.15, 0.2) is 40.2 Å². The summed E-state index contributed by atoms with van der Waals surface area (Å²) in [6, 6.07) is 7.35. The summed E-state index contributed by atoms with van der Waals surface area (Å²) < 4.78 is 1.71. The van der Waals surface area contributed by atoms with E-state index in [1.165, 1.54) is 6.07 Å². The zero-order valence-corrected chi connectivity index (χ0v) is 9.41. The number of aromatic nitrogens is 2. The molecule has 3 rings (SSSR count). The van der Waals surface area contributed by atoms with Gasteiger partial charge in [-0.1, -0.05) is 6.07 Å². The first-order valence-electron chi connectivity index (χ1n) is 5.81. The summed E-state index contributed by atoms with van der Waals surface area (Å²) in [6.45, 7) is 0.843. The number of fused-ring (bicyclic) bond motifs is 1. The van der Waals surface area contributed by atoms with Gasteiger partial charge in [0.1, 0.15) is 5.65 Å². The molecule has 86 valence electrons. The van der Waals surface area contributed by atoms with Gasteiger partial charge in [-0.05, 0) is 31.2 Å². The van der Waals surface area contributed by atoms with E-state index in [1.807, 2.05) is 24.4 Å². The molecule has 4 heteroatoms. The summed E-state index contributed by atoms with van der Waals surface area (Å²) in [7, 11) is 0. The van der Waals surface area contributed by atoms with Crippen LogP contribution >= 0.6 is 0 Å². The maximum absolute atomic E-state index is 11.9. The van der Waals surface area contributed by atoms with Gasteiger partial charge in [0.05, 0.1) is 0 Å². The maximum Gasteiger partial charge on any atom is 0.258 e. The fourth-order valence-corrected chi connectivity index (χ4v) is 2.34. The van der Waals surface area contributed by atoms with Crippen molar-refractivity contribution in [3.8, 4) is 0 Å². The summed E-state index contributed by atoms with van der Waals surface area (Å²) in [5.41, 5.74) is 1.76. The Bertz CT molecular complexity index is 625. The predicted octanol–water partition coefficient (Wildman–Crippen LogP) is 1.64. The molecule has 3 heterocycles. The second kappa shape index (κ2) is 4.13. The lowest BCUT2D eigenvalue weighted by atomic mass is 9.95. The van der Waals surface area contributed by atoms with Crippen LogP contribution < -0.4 is 5.56 Å². The molecule has 1 aliphatic rings. The van der Waals surface area contributed by atoms with E-state index in [-0.39, 0.29) is 5.56 Å². The topological polar surface area (TPSA) is 46.7 Å². The highest BCUT2D eigenvalue weighted by molar-refractivity contribution is 5.60. The van der Waals surface area contributed by atoms with Gasteiger partial charge < -0.3 is 0 Å². The van der Waals surface area contributed by atoms with Crippen LogP contribution in [0.1, 0.15) is 24.5 Å². The van der Waals surface area contributed by atoms with E-state index in [1.54, 1.807) is 10.6 Å². The molecule has 0 N–H and O–H groups in total. The third-order valence-electron chi connectivity index (χ3n) is 3.19. The van der Waals surface area contributed by atoms with Gasteiger partial charge in [-0.3, -0.25) is 14.2 Å². The Hall–Kier alpha value is -1.97. The van der Waals surface area contributed by atoms with Crippen molar-refractivity contribution in [3.63, 3.8) is 0 Å². The van der Waals surface area contributed by atoms with Crippen LogP contribution in [0.2, 0.25) is 0 Å². The minimum atomic E-state index is -0.00638. The second-order valence-electron chi connectivity index (χ2n) is 4.24. The van der Waals surface area contributed by atoms with Crippen LogP contribution in [-0.4, -0.2) is 22.1 Å². The Balaban J connectivity index is 2.22. The van der Waals surface area contributed by atoms with Gasteiger partial charge in [0, 0.05) is 30.4 Å². The molecule has 0 aliphatic carbocycles. The number of nitrogens with zero attached hydrogens (tertiary/aromatic N) is 3. The van der Waals surface area contributed by atoms with Gasteiger partial charge >= 0.3 is 0 Å². The molecule has 0 aromatic carbocycles. The molecule has 4 nitrogen and oxygen atoms in total. The maximum atomic E-state index is 11.9. The van der Waals surface area contributed by atoms with Crippen molar-refractivity contribution < 1.29 is 0 Å². The Morgan fingerprint density at radius 3 is 3.06 bits per heavy atom. The van der Waals surface area contributed by atoms with Crippen molar-refractivity contribution in [2.45, 2.75) is 18.8 Å². The molecular formula is C13H13N3O. The highest BCUT2D eigenvalue weighted by atomic mass is 16.1. The Morgan fingerprint density at radius 2 is 2.24 bits per heavy atom. The van der Waals surface area contributed by atoms with Crippen LogP contribution in [0.25, 0.3) is 5.65 Å². The number of hydrogen-bond acceptors (Lipinski definition) is 3. The molecule has 1 atom stereocenters. The van der Waals surface area contributed by atoms with E-state index in [9.17, 15) is 4.79 Å². The van der Waals surface area contributed by atoms with Gasteiger partial charge in [0.2, 0.25) is 0 Å². The first kappa shape index (κ1) is 10.2. The molecule has 0 saturated heterocycles. The van der Waals surface area contributed by atoms with Gasteiger partial charge in [-0.15, -0.1) is 0 Å². The Morgan fingerprint density at radius 1 is 1.29 bits per heavy atom. The van der Waals surface area contributed by atoms with E-state index in [0.717, 1.165) is 30.7 Å². The van der Waals surface area contributed by atoms with E-state index < -0.39 is 0 Å². The fourth-order valence-electron chi connectivity index (χ4n) is 2.34. The third kappa shape index (κ3) is 1.75. The monoisotopic (exact) mass is 227 g/mol. The lowest BCUT2D eigenvalue weighted by molar-refractivity contribution is 0.610. The molecule has 2 aromatic heterocycles. The largest absolute Gasteiger partial charge is 0.297 e. The molecule has 0 radical (unpaired) electrons. The third-order valence-corrected chi connectivity index (χ3v) is 3.19. The first-order chi connectivity index (χ1) is 8.36. The minimum Gasteiger partial charge on any atom is -0.297 e. The van der Waals surface area contributed by atoms with E-state index >= 15 is 0 Å². The highest BCUT2D eigenvalue weighted by Crippen LogP contribution is 2.24. The summed E-state index contributed by atoms with van der Waals surface area (Å²) in [5, 5.41) is 0. The average Bonchev–Trinajstić information content (AvgIpc) is 2.39. The lowest BCUT2D eigenvalue weighted by Gasteiger charge is -2.19. The van der Waals surface area contributed by atoms with Crippen molar-refractivity contribution in [2.75, 3.05) is 6.54 Å². The average molecular weight is 227 g/mol. The van der Waals surface area contributed by atoms with Crippen molar-refractivity contribution >= 4 is 11.9 Å². The molecule has 0 fully saturated rings. The number of pyridine rings is 1. The quantitative estimate of drug-likeness (QED) is 0.743. The van der Waals surface area contributed by atoms with Crippen molar-refractivity contribution in [1.82, 2.24) is 9.38 Å². The Kier molecular flexibility index (Phi) is 2.48. The van der Waals surface area contributed by atoms with E-state index in [2.05, 4.69) is 9.98 Å². The molecule has 17 heavy (non-hydrogen) atoms. The van der Waals surface area contributed by atoms with Crippen LogP contribution in [0, 0.1) is 0 Å². The zero-order chi connectivity index (χ0) is 11.7. The fraction of sp³-hybridized carbons (Fsp3) is 0.308. The number of rotatable bonds is 1. The molecule has 0 spiro atoms. The smallest absolute Gasteiger partial charge is 0.258 e. The predicted molar refractivity (Wildman–Crippen MR) is 66.8 cm³/mol. The molecule has 0 bridgehead atoms. The molecule has 1 aliphatic heterocycles. The highest BCUT2D eigenvalue weighted by Gasteiger charge is 2.16. The van der Waals surface area contributed by atoms with E-state index in [0.29, 0.717) is 5.92 Å². The normalized spacial score (nSPS) is 19.6. The minimum absolute atomic E-state index is 0.00638. The van der Waals surface area contributed by atoms with E-state index in [4.69, 9.17) is 0 Å². The lowest BCUT2D eigenvalue weighted by Crippen LogP contribution is -2.20. The zero-order valence-electron chi connectivity index (χ0n) is 9.41. The second-order valence-corrected chi connectivity index (χ2v) is 4.24. The van der Waals surface area contributed by atoms with Crippen molar-refractivity contribution in [2.24, 2.45) is 4.99 Å². The summed E-state index contributed by atoms with van der Waals surface area (Å²) in [5.74, 6) is 0.373. The van der Waals surface area contributed by atoms with Crippen molar-refractivity contribution in [1.29, 1.82) is 0 Å². The van der Waals surface area contributed by atoms with Gasteiger partial charge in [0.25, 0.3) is 5.56 Å². The molecular weight excluding hydrogens is 214 g/mol. The Labute approximate surface area is 98.7 Å². The van der Waals surface area contributed by atoms with Crippen LogP contribution in [0.3, 0.4) is 0 Å².